The molecule has 3 N–H and O–H groups in total. The van der Waals surface area contributed by atoms with Gasteiger partial charge in [0.2, 0.25) is 5.88 Å². The van der Waals surface area contributed by atoms with Crippen molar-refractivity contribution in [3.8, 4) is 22.8 Å². The van der Waals surface area contributed by atoms with Crippen molar-refractivity contribution in [1.29, 1.82) is 5.41 Å². The Balaban J connectivity index is 1.47. The molecule has 0 fully saturated rings. The van der Waals surface area contributed by atoms with Gasteiger partial charge in [-0.3, -0.25) is 5.41 Å². The van der Waals surface area contributed by atoms with Gasteiger partial charge in [-0.1, -0.05) is 42.8 Å². The van der Waals surface area contributed by atoms with Crippen LogP contribution in [0.2, 0.25) is 5.02 Å². The lowest BCUT2D eigenvalue weighted by Gasteiger charge is -2.13. The minimum atomic E-state index is -0.0132. The van der Waals surface area contributed by atoms with Crippen molar-refractivity contribution in [2.45, 2.75) is 33.7 Å². The second-order valence-electron chi connectivity index (χ2n) is 8.95. The van der Waals surface area contributed by atoms with Crippen molar-refractivity contribution in [3.05, 3.63) is 100 Å². The van der Waals surface area contributed by atoms with E-state index in [4.69, 9.17) is 37.4 Å². The Morgan fingerprint density at radius 2 is 1.81 bits per heavy atom. The number of rotatable bonds is 7. The minimum Gasteiger partial charge on any atom is -0.439 e. The van der Waals surface area contributed by atoms with E-state index in [2.05, 4.69) is 41.6 Å². The molecule has 0 bridgehead atoms. The van der Waals surface area contributed by atoms with Crippen LogP contribution in [0.25, 0.3) is 22.3 Å². The van der Waals surface area contributed by atoms with Crippen molar-refractivity contribution in [2.24, 2.45) is 5.73 Å². The number of benzene rings is 2. The summed E-state index contributed by atoms with van der Waals surface area (Å²) in [4.78, 5) is 13.8. The first kappa shape index (κ1) is 24.5. The number of nitrogen functional groups attached to an aromatic ring is 1. The fourth-order valence-corrected chi connectivity index (χ4v) is 4.63. The van der Waals surface area contributed by atoms with E-state index in [1.54, 1.807) is 30.5 Å². The Morgan fingerprint density at radius 1 is 1.03 bits per heavy atom. The molecule has 0 unspecified atom stereocenters. The van der Waals surface area contributed by atoms with E-state index in [1.165, 1.54) is 0 Å². The fraction of sp³-hybridized carbons (Fsp3) is 0.172. The summed E-state index contributed by atoms with van der Waals surface area (Å²) < 4.78 is 8.10. The van der Waals surface area contributed by atoms with E-state index >= 15 is 0 Å². The van der Waals surface area contributed by atoms with Crippen LogP contribution in [0.1, 0.15) is 35.1 Å². The van der Waals surface area contributed by atoms with Gasteiger partial charge in [0.25, 0.3) is 0 Å². The molecule has 0 saturated heterocycles. The van der Waals surface area contributed by atoms with Crippen LogP contribution in [0, 0.1) is 19.3 Å². The highest BCUT2D eigenvalue weighted by atomic mass is 35.5. The van der Waals surface area contributed by atoms with Crippen LogP contribution in [-0.2, 0) is 13.0 Å². The molecular weight excluding hydrogens is 484 g/mol. The van der Waals surface area contributed by atoms with Crippen molar-refractivity contribution < 1.29 is 4.74 Å². The summed E-state index contributed by atoms with van der Waals surface area (Å²) in [7, 11) is 0. The number of hydrogen-bond donors (Lipinski definition) is 2. The van der Waals surface area contributed by atoms with E-state index in [-0.39, 0.29) is 5.84 Å². The number of nitrogens with zero attached hydrogens (tertiary/aromatic N) is 4. The van der Waals surface area contributed by atoms with E-state index in [0.717, 1.165) is 51.4 Å². The lowest BCUT2D eigenvalue weighted by molar-refractivity contribution is 0.463. The quantitative estimate of drug-likeness (QED) is 0.193. The first-order valence-electron chi connectivity index (χ1n) is 12.0. The van der Waals surface area contributed by atoms with E-state index in [1.807, 2.05) is 25.1 Å². The molecule has 3 aromatic heterocycles. The number of nitrogens with one attached hydrogen (secondary N) is 1. The molecule has 0 aliphatic carbocycles. The Bertz CT molecular complexity index is 1620. The van der Waals surface area contributed by atoms with Crippen molar-refractivity contribution in [2.75, 3.05) is 0 Å². The number of halogens is 1. The molecule has 37 heavy (non-hydrogen) atoms. The summed E-state index contributed by atoms with van der Waals surface area (Å²) in [6.07, 6.45) is 2.41. The number of aromatic nitrogens is 4. The van der Waals surface area contributed by atoms with Crippen LogP contribution in [0.5, 0.6) is 11.6 Å². The van der Waals surface area contributed by atoms with E-state index in [0.29, 0.717) is 28.8 Å². The molecule has 0 saturated carbocycles. The second-order valence-corrected chi connectivity index (χ2v) is 9.39. The zero-order chi connectivity index (χ0) is 26.1. The molecule has 0 amide bonds. The van der Waals surface area contributed by atoms with Gasteiger partial charge < -0.3 is 15.0 Å². The lowest BCUT2D eigenvalue weighted by atomic mass is 9.97. The zero-order valence-electron chi connectivity index (χ0n) is 20.9. The molecule has 0 aliphatic rings. The van der Waals surface area contributed by atoms with Crippen LogP contribution >= 0.6 is 11.6 Å². The average Bonchev–Trinajstić information content (AvgIpc) is 3.22. The smallest absolute Gasteiger partial charge is 0.220 e. The maximum absolute atomic E-state index is 8.06. The van der Waals surface area contributed by atoms with Crippen LogP contribution < -0.4 is 10.5 Å². The molecule has 0 aliphatic heterocycles. The molecule has 0 atom stereocenters. The zero-order valence-corrected chi connectivity index (χ0v) is 21.7. The Morgan fingerprint density at radius 3 is 2.51 bits per heavy atom. The molecule has 0 radical (unpaired) electrons. The first-order chi connectivity index (χ1) is 17.8. The number of fused-ring (bicyclic) bond motifs is 1. The SMILES string of the molecule is CCc1nc2c(C)cc(C)nc2n1Cc1ccc(-c2cc(Oc3cc(Cl)ccn3)ccc2C(=N)N)cc1. The highest BCUT2D eigenvalue weighted by Gasteiger charge is 2.15. The predicted molar refractivity (Wildman–Crippen MR) is 148 cm³/mol. The van der Waals surface area contributed by atoms with Gasteiger partial charge in [0, 0.05) is 35.0 Å². The summed E-state index contributed by atoms with van der Waals surface area (Å²) in [6, 6.07) is 19.1. The number of amidine groups is 1. The van der Waals surface area contributed by atoms with Crippen molar-refractivity contribution in [1.82, 2.24) is 19.5 Å². The van der Waals surface area contributed by atoms with Gasteiger partial charge in [-0.25, -0.2) is 15.0 Å². The van der Waals surface area contributed by atoms with Gasteiger partial charge >= 0.3 is 0 Å². The molecule has 3 heterocycles. The predicted octanol–water partition coefficient (Wildman–Crippen LogP) is 6.45. The standard InChI is InChI=1S/C29H27ClN6O/c1-4-25-35-27-17(2)13-18(3)34-29(27)36(25)16-19-5-7-20(8-6-19)24-15-22(9-10-23(24)28(31)32)37-26-14-21(30)11-12-33-26/h5-15H,4,16H2,1-3H3,(H3,31,32). The number of nitrogens with two attached hydrogens (primary N) is 1. The van der Waals surface area contributed by atoms with Gasteiger partial charge in [0.05, 0.1) is 6.54 Å². The number of hydrogen-bond acceptors (Lipinski definition) is 5. The number of pyridine rings is 2. The van der Waals surface area contributed by atoms with Crippen LogP contribution in [0.15, 0.2) is 66.9 Å². The van der Waals surface area contributed by atoms with Crippen LogP contribution in [0.3, 0.4) is 0 Å². The van der Waals surface area contributed by atoms with Gasteiger partial charge in [-0.15, -0.1) is 0 Å². The number of ether oxygens (including phenoxy) is 1. The highest BCUT2D eigenvalue weighted by molar-refractivity contribution is 6.30. The molecular formula is C29H27ClN6O. The third kappa shape index (κ3) is 5.04. The van der Waals surface area contributed by atoms with E-state index < -0.39 is 0 Å². The second kappa shape index (κ2) is 10.0. The van der Waals surface area contributed by atoms with Gasteiger partial charge in [0.1, 0.15) is 22.9 Å². The maximum atomic E-state index is 8.06. The fourth-order valence-electron chi connectivity index (χ4n) is 4.48. The van der Waals surface area contributed by atoms with Gasteiger partial charge in [-0.2, -0.15) is 0 Å². The van der Waals surface area contributed by atoms with Crippen LogP contribution in [-0.4, -0.2) is 25.4 Å². The molecule has 0 spiro atoms. The third-order valence-electron chi connectivity index (χ3n) is 6.22. The topological polar surface area (TPSA) is 103 Å². The molecule has 5 aromatic rings. The van der Waals surface area contributed by atoms with Gasteiger partial charge in [0.15, 0.2) is 5.65 Å². The molecule has 5 rings (SSSR count). The summed E-state index contributed by atoms with van der Waals surface area (Å²) in [5.41, 5.74) is 13.4. The summed E-state index contributed by atoms with van der Waals surface area (Å²) in [5, 5.41) is 8.60. The minimum absolute atomic E-state index is 0.0132. The monoisotopic (exact) mass is 510 g/mol. The van der Waals surface area contributed by atoms with Crippen molar-refractivity contribution >= 4 is 28.6 Å². The molecule has 2 aromatic carbocycles. The van der Waals surface area contributed by atoms with Crippen LogP contribution in [0.4, 0.5) is 0 Å². The van der Waals surface area contributed by atoms with Gasteiger partial charge in [-0.05, 0) is 66.4 Å². The molecule has 186 valence electrons. The maximum Gasteiger partial charge on any atom is 0.220 e. The largest absolute Gasteiger partial charge is 0.439 e. The Labute approximate surface area is 220 Å². The summed E-state index contributed by atoms with van der Waals surface area (Å²) in [6.45, 7) is 6.87. The summed E-state index contributed by atoms with van der Waals surface area (Å²) >= 11 is 6.06. The normalized spacial score (nSPS) is 11.1. The summed E-state index contributed by atoms with van der Waals surface area (Å²) in [5.74, 6) is 1.97. The average molecular weight is 511 g/mol. The molecule has 7 nitrogen and oxygen atoms in total. The van der Waals surface area contributed by atoms with E-state index in [9.17, 15) is 0 Å². The molecule has 8 heteroatoms. The lowest BCUT2D eigenvalue weighted by Crippen LogP contribution is -2.12. The number of imidazole rings is 1. The Kier molecular flexibility index (Phi) is 6.63. The third-order valence-corrected chi connectivity index (χ3v) is 6.46. The number of aryl methyl sites for hydroxylation is 3. The first-order valence-corrected chi connectivity index (χ1v) is 12.4. The Hall–Kier alpha value is -4.23. The van der Waals surface area contributed by atoms with Crippen molar-refractivity contribution in [3.63, 3.8) is 0 Å². The highest BCUT2D eigenvalue weighted by Crippen LogP contribution is 2.31.